The molecule has 0 aromatic carbocycles. The average molecular weight is 252 g/mol. The molecule has 1 saturated heterocycles. The third-order valence-electron chi connectivity index (χ3n) is 4.54. The van der Waals surface area contributed by atoms with E-state index in [1.165, 1.54) is 38.5 Å². The largest absolute Gasteiger partial charge is 0.352 e. The van der Waals surface area contributed by atoms with Gasteiger partial charge < -0.3 is 10.6 Å². The number of amides is 1. The lowest BCUT2D eigenvalue weighted by Gasteiger charge is -2.29. The first-order valence-electron chi connectivity index (χ1n) is 7.71. The molecule has 2 rings (SSSR count). The van der Waals surface area contributed by atoms with Crippen molar-refractivity contribution in [3.8, 4) is 0 Å². The molecule has 0 radical (unpaired) electrons. The number of hydrogen-bond donors (Lipinski definition) is 2. The maximum atomic E-state index is 12.2. The van der Waals surface area contributed by atoms with Gasteiger partial charge in [-0.15, -0.1) is 0 Å². The van der Waals surface area contributed by atoms with Crippen LogP contribution in [-0.4, -0.2) is 24.0 Å². The maximum absolute atomic E-state index is 12.2. The molecule has 104 valence electrons. The molecule has 1 saturated carbocycles. The van der Waals surface area contributed by atoms with Crippen molar-refractivity contribution in [2.75, 3.05) is 0 Å². The number of nitrogens with one attached hydrogen (secondary N) is 2. The highest BCUT2D eigenvalue weighted by Crippen LogP contribution is 2.23. The number of carbonyl (C=O) groups is 1. The first kappa shape index (κ1) is 13.9. The molecule has 1 aliphatic heterocycles. The molecule has 1 heterocycles. The second-order valence-electron chi connectivity index (χ2n) is 6.37. The van der Waals surface area contributed by atoms with Crippen LogP contribution in [0.5, 0.6) is 0 Å². The quantitative estimate of drug-likeness (QED) is 0.742. The fraction of sp³-hybridized carbons (Fsp3) is 0.933. The minimum Gasteiger partial charge on any atom is -0.352 e. The molecular weight excluding hydrogens is 224 g/mol. The Labute approximate surface area is 111 Å². The van der Waals surface area contributed by atoms with Gasteiger partial charge in [-0.2, -0.15) is 0 Å². The van der Waals surface area contributed by atoms with Gasteiger partial charge >= 0.3 is 0 Å². The van der Waals surface area contributed by atoms with Crippen molar-refractivity contribution in [2.24, 2.45) is 5.92 Å². The SMILES string of the molecule is CC1CCCC(NC(=O)C2CCCC(C)N2)CC1. The van der Waals surface area contributed by atoms with E-state index in [1.54, 1.807) is 0 Å². The van der Waals surface area contributed by atoms with E-state index in [4.69, 9.17) is 0 Å². The molecule has 3 heteroatoms. The minimum atomic E-state index is 0.0504. The van der Waals surface area contributed by atoms with Gasteiger partial charge in [0.2, 0.25) is 5.91 Å². The molecule has 18 heavy (non-hydrogen) atoms. The third kappa shape index (κ3) is 3.98. The predicted octanol–water partition coefficient (Wildman–Crippen LogP) is 2.60. The molecule has 0 spiro atoms. The number of hydrogen-bond acceptors (Lipinski definition) is 2. The van der Waals surface area contributed by atoms with E-state index in [1.807, 2.05) is 0 Å². The van der Waals surface area contributed by atoms with Gasteiger partial charge in [-0.25, -0.2) is 0 Å². The van der Waals surface area contributed by atoms with E-state index >= 15 is 0 Å². The van der Waals surface area contributed by atoms with Crippen molar-refractivity contribution in [1.82, 2.24) is 10.6 Å². The molecular formula is C15H28N2O. The summed E-state index contributed by atoms with van der Waals surface area (Å²) in [6, 6.07) is 0.958. The number of rotatable bonds is 2. The summed E-state index contributed by atoms with van der Waals surface area (Å²) in [5.41, 5.74) is 0. The molecule has 0 aromatic rings. The lowest BCUT2D eigenvalue weighted by molar-refractivity contribution is -0.124. The van der Waals surface area contributed by atoms with Crippen LogP contribution in [-0.2, 0) is 4.79 Å². The van der Waals surface area contributed by atoms with Gasteiger partial charge in [-0.1, -0.05) is 19.8 Å². The minimum absolute atomic E-state index is 0.0504. The Morgan fingerprint density at radius 3 is 2.56 bits per heavy atom. The van der Waals surface area contributed by atoms with Crippen LogP contribution < -0.4 is 10.6 Å². The van der Waals surface area contributed by atoms with Crippen LogP contribution in [0, 0.1) is 5.92 Å². The summed E-state index contributed by atoms with van der Waals surface area (Å²) in [5.74, 6) is 1.07. The Kier molecular flexibility index (Phi) is 5.04. The van der Waals surface area contributed by atoms with Crippen LogP contribution in [0.3, 0.4) is 0 Å². The van der Waals surface area contributed by atoms with Crippen LogP contribution in [0.1, 0.15) is 65.2 Å². The lowest BCUT2D eigenvalue weighted by Crippen LogP contribution is -2.52. The Balaban J connectivity index is 1.79. The molecule has 2 fully saturated rings. The van der Waals surface area contributed by atoms with Gasteiger partial charge in [-0.3, -0.25) is 4.79 Å². The van der Waals surface area contributed by atoms with Crippen molar-refractivity contribution in [1.29, 1.82) is 0 Å². The smallest absolute Gasteiger partial charge is 0.237 e. The molecule has 2 aliphatic rings. The molecule has 2 N–H and O–H groups in total. The van der Waals surface area contributed by atoms with E-state index in [0.29, 0.717) is 12.1 Å². The summed E-state index contributed by atoms with van der Waals surface area (Å²) in [6.07, 6.45) is 9.55. The number of carbonyl (C=O) groups excluding carboxylic acids is 1. The molecule has 0 bridgehead atoms. The van der Waals surface area contributed by atoms with Gasteiger partial charge in [0.25, 0.3) is 0 Å². The lowest BCUT2D eigenvalue weighted by atomic mass is 9.98. The maximum Gasteiger partial charge on any atom is 0.237 e. The van der Waals surface area contributed by atoms with Crippen molar-refractivity contribution in [2.45, 2.75) is 83.3 Å². The summed E-state index contributed by atoms with van der Waals surface area (Å²) in [4.78, 5) is 12.2. The summed E-state index contributed by atoms with van der Waals surface area (Å²) < 4.78 is 0. The molecule has 3 nitrogen and oxygen atoms in total. The Hall–Kier alpha value is -0.570. The Morgan fingerprint density at radius 2 is 1.78 bits per heavy atom. The molecule has 4 atom stereocenters. The van der Waals surface area contributed by atoms with E-state index in [9.17, 15) is 4.79 Å². The van der Waals surface area contributed by atoms with E-state index in [-0.39, 0.29) is 11.9 Å². The van der Waals surface area contributed by atoms with Gasteiger partial charge in [0.15, 0.2) is 0 Å². The van der Waals surface area contributed by atoms with Crippen molar-refractivity contribution >= 4 is 5.91 Å². The second kappa shape index (κ2) is 6.55. The van der Waals surface area contributed by atoms with Crippen molar-refractivity contribution < 1.29 is 4.79 Å². The standard InChI is InChI=1S/C15H28N2O/c1-11-5-3-7-13(10-9-11)17-15(18)14-8-4-6-12(2)16-14/h11-14,16H,3-10H2,1-2H3,(H,17,18). The molecule has 0 aromatic heterocycles. The topological polar surface area (TPSA) is 41.1 Å². The van der Waals surface area contributed by atoms with E-state index in [2.05, 4.69) is 24.5 Å². The highest BCUT2D eigenvalue weighted by Gasteiger charge is 2.26. The molecule has 1 amide bonds. The van der Waals surface area contributed by atoms with E-state index in [0.717, 1.165) is 18.8 Å². The van der Waals surface area contributed by atoms with Gasteiger partial charge in [0.1, 0.15) is 0 Å². The van der Waals surface area contributed by atoms with Crippen LogP contribution in [0.15, 0.2) is 0 Å². The van der Waals surface area contributed by atoms with Gasteiger partial charge in [-0.05, 0) is 51.4 Å². The molecule has 4 unspecified atom stereocenters. The zero-order valence-corrected chi connectivity index (χ0v) is 11.9. The second-order valence-corrected chi connectivity index (χ2v) is 6.37. The normalized spacial score (nSPS) is 37.9. The zero-order chi connectivity index (χ0) is 13.0. The first-order valence-corrected chi connectivity index (χ1v) is 7.71. The summed E-state index contributed by atoms with van der Waals surface area (Å²) >= 11 is 0. The van der Waals surface area contributed by atoms with Crippen LogP contribution in [0.25, 0.3) is 0 Å². The fourth-order valence-corrected chi connectivity index (χ4v) is 3.28. The Morgan fingerprint density at radius 1 is 1.00 bits per heavy atom. The summed E-state index contributed by atoms with van der Waals surface area (Å²) in [5, 5.41) is 6.69. The summed E-state index contributed by atoms with van der Waals surface area (Å²) in [6.45, 7) is 4.50. The van der Waals surface area contributed by atoms with Crippen LogP contribution in [0.2, 0.25) is 0 Å². The van der Waals surface area contributed by atoms with Crippen molar-refractivity contribution in [3.05, 3.63) is 0 Å². The Bertz CT molecular complexity index is 280. The van der Waals surface area contributed by atoms with E-state index < -0.39 is 0 Å². The fourth-order valence-electron chi connectivity index (χ4n) is 3.28. The zero-order valence-electron chi connectivity index (χ0n) is 11.9. The highest BCUT2D eigenvalue weighted by molar-refractivity contribution is 5.82. The third-order valence-corrected chi connectivity index (χ3v) is 4.54. The number of piperidine rings is 1. The molecule has 1 aliphatic carbocycles. The monoisotopic (exact) mass is 252 g/mol. The highest BCUT2D eigenvalue weighted by atomic mass is 16.2. The average Bonchev–Trinajstić information content (AvgIpc) is 2.54. The predicted molar refractivity (Wildman–Crippen MR) is 74.4 cm³/mol. The van der Waals surface area contributed by atoms with Gasteiger partial charge in [0, 0.05) is 12.1 Å². The van der Waals surface area contributed by atoms with Crippen molar-refractivity contribution in [3.63, 3.8) is 0 Å². The van der Waals surface area contributed by atoms with Gasteiger partial charge in [0.05, 0.1) is 6.04 Å². The van der Waals surface area contributed by atoms with Crippen LogP contribution in [0.4, 0.5) is 0 Å². The first-order chi connectivity index (χ1) is 8.65. The summed E-state index contributed by atoms with van der Waals surface area (Å²) in [7, 11) is 0. The van der Waals surface area contributed by atoms with Crippen LogP contribution >= 0.6 is 0 Å².